The van der Waals surface area contributed by atoms with Gasteiger partial charge in [0.15, 0.2) is 0 Å². The van der Waals surface area contributed by atoms with E-state index in [1.54, 1.807) is 18.0 Å². The van der Waals surface area contributed by atoms with Crippen LogP contribution in [0.2, 0.25) is 0 Å². The fraction of sp³-hybridized carbons (Fsp3) is 0.682. The number of rotatable bonds is 15. The van der Waals surface area contributed by atoms with Crippen LogP contribution in [0.1, 0.15) is 103 Å². The third kappa shape index (κ3) is 8.40. The Labute approximate surface area is 331 Å². The molecule has 1 saturated heterocycles. The molecule has 1 heterocycles. The van der Waals surface area contributed by atoms with E-state index in [0.717, 1.165) is 56.9 Å². The lowest BCUT2D eigenvalue weighted by Gasteiger charge is -2.56. The highest BCUT2D eigenvalue weighted by Gasteiger charge is 2.70. The predicted octanol–water partition coefficient (Wildman–Crippen LogP) is 4.48. The standard InChI is InChI=1S/C44H62N6O6/c1-5-6-17-33(38(52)40(54)45-24-34(51)49(4)25-27-13-9-7-10-14-27)46-39(53)37-35-32(43(35,2)3)26-50(37)41(55)36(31-15-11-8-12-16-31)47-42(56)48-44-21-28-18-29(22-44)20-30(19-28)23-44/h5,7,9-10,13-14,28-33,35-37H,1,6,8,11-12,15-26H2,2-4H3,(H,45,54)(H,46,53)(H2,47,48,56)/t28?,29?,30?,32?,33-,35?,36+,37+,44?/m1/s1. The fourth-order valence-electron chi connectivity index (χ4n) is 11.8. The second-order valence-electron chi connectivity index (χ2n) is 18.8. The largest absolute Gasteiger partial charge is 0.344 e. The average Bonchev–Trinajstić information content (AvgIpc) is 3.46. The summed E-state index contributed by atoms with van der Waals surface area (Å²) in [6.45, 7) is 8.32. The molecule has 4 bridgehead atoms. The van der Waals surface area contributed by atoms with Gasteiger partial charge in [0.25, 0.3) is 5.91 Å². The molecule has 5 atom stereocenters. The van der Waals surface area contributed by atoms with Gasteiger partial charge in [-0.25, -0.2) is 4.79 Å². The van der Waals surface area contributed by atoms with Crippen molar-refractivity contribution in [2.75, 3.05) is 20.1 Å². The molecule has 7 fully saturated rings. The maximum atomic E-state index is 14.8. The normalized spacial score (nSPS) is 30.7. The number of fused-ring (bicyclic) bond motifs is 1. The number of urea groups is 1. The Morgan fingerprint density at radius 1 is 0.929 bits per heavy atom. The minimum Gasteiger partial charge on any atom is -0.344 e. The van der Waals surface area contributed by atoms with Gasteiger partial charge in [0.1, 0.15) is 12.1 Å². The van der Waals surface area contributed by atoms with Crippen molar-refractivity contribution in [3.05, 3.63) is 48.6 Å². The Hall–Kier alpha value is -4.22. The SMILES string of the molecule is C=CCC[C@@H](NC(=O)[C@@H]1C2C(CN1C(=O)[C@@H](NC(=O)NC13CC4CC(CC(C4)C1)C3)C1CCCCC1)C2(C)C)C(=O)C(=O)NCC(=O)N(C)Cc1ccccc1. The van der Waals surface area contributed by atoms with Crippen molar-refractivity contribution < 1.29 is 28.8 Å². The van der Waals surface area contributed by atoms with Crippen LogP contribution in [0.25, 0.3) is 0 Å². The number of ketones is 1. The van der Waals surface area contributed by atoms with E-state index in [-0.39, 0.29) is 59.5 Å². The van der Waals surface area contributed by atoms with Crippen LogP contribution in [0.5, 0.6) is 0 Å². The van der Waals surface area contributed by atoms with E-state index in [9.17, 15) is 28.8 Å². The molecule has 0 radical (unpaired) electrons. The number of hydrogen-bond acceptors (Lipinski definition) is 6. The number of likely N-dealkylation sites (tertiary alicyclic amines) is 1. The van der Waals surface area contributed by atoms with E-state index in [0.29, 0.717) is 37.3 Å². The zero-order valence-electron chi connectivity index (χ0n) is 33.5. The van der Waals surface area contributed by atoms with E-state index < -0.39 is 35.7 Å². The van der Waals surface area contributed by atoms with Crippen molar-refractivity contribution in [2.24, 2.45) is 40.9 Å². The molecule has 56 heavy (non-hydrogen) atoms. The van der Waals surface area contributed by atoms with Gasteiger partial charge in [-0.2, -0.15) is 0 Å². The van der Waals surface area contributed by atoms with Gasteiger partial charge in [-0.15, -0.1) is 6.58 Å². The number of allylic oxidation sites excluding steroid dienone is 1. The molecule has 6 saturated carbocycles. The minimum atomic E-state index is -1.17. The third-order valence-corrected chi connectivity index (χ3v) is 14.5. The van der Waals surface area contributed by atoms with Crippen LogP contribution >= 0.6 is 0 Å². The van der Waals surface area contributed by atoms with Crippen LogP contribution in [0.15, 0.2) is 43.0 Å². The van der Waals surface area contributed by atoms with E-state index in [4.69, 9.17) is 0 Å². The van der Waals surface area contributed by atoms with Gasteiger partial charge in [0.05, 0.1) is 12.6 Å². The summed E-state index contributed by atoms with van der Waals surface area (Å²) < 4.78 is 0. The van der Waals surface area contributed by atoms with Crippen molar-refractivity contribution in [2.45, 2.75) is 128 Å². The summed E-state index contributed by atoms with van der Waals surface area (Å²) in [4.78, 5) is 85.7. The van der Waals surface area contributed by atoms with Crippen LogP contribution < -0.4 is 21.3 Å². The van der Waals surface area contributed by atoms with E-state index in [1.807, 2.05) is 30.3 Å². The van der Waals surface area contributed by atoms with Crippen LogP contribution in [0, 0.1) is 40.9 Å². The van der Waals surface area contributed by atoms with Gasteiger partial charge in [0.2, 0.25) is 23.5 Å². The Morgan fingerprint density at radius 2 is 1.57 bits per heavy atom. The molecule has 6 aliphatic carbocycles. The second-order valence-corrected chi connectivity index (χ2v) is 18.8. The lowest BCUT2D eigenvalue weighted by atomic mass is 9.53. The van der Waals surface area contributed by atoms with Crippen LogP contribution in [0.4, 0.5) is 4.79 Å². The van der Waals surface area contributed by atoms with Gasteiger partial charge in [0, 0.05) is 25.7 Å². The molecule has 1 aliphatic heterocycles. The Morgan fingerprint density at radius 3 is 2.20 bits per heavy atom. The van der Waals surface area contributed by atoms with Gasteiger partial charge in [-0.05, 0) is 111 Å². The lowest BCUT2D eigenvalue weighted by molar-refractivity contribution is -0.145. The molecule has 7 aliphatic rings. The Kier molecular flexibility index (Phi) is 11.7. The number of carbonyl (C=O) groups excluding carboxylic acids is 6. The predicted molar refractivity (Wildman–Crippen MR) is 211 cm³/mol. The number of piperidine rings is 1. The number of carbonyl (C=O) groups is 6. The van der Waals surface area contributed by atoms with Crippen LogP contribution in [-0.2, 0) is 30.5 Å². The van der Waals surface area contributed by atoms with Crippen LogP contribution in [-0.4, -0.2) is 89.0 Å². The summed E-state index contributed by atoms with van der Waals surface area (Å²) in [6.07, 6.45) is 13.6. The summed E-state index contributed by atoms with van der Waals surface area (Å²) in [5.74, 6) is -0.975. The molecule has 6 amide bonds. The summed E-state index contributed by atoms with van der Waals surface area (Å²) in [6, 6.07) is 6.38. The van der Waals surface area contributed by atoms with Gasteiger partial charge in [-0.3, -0.25) is 24.0 Å². The van der Waals surface area contributed by atoms with E-state index >= 15 is 0 Å². The molecule has 0 spiro atoms. The average molecular weight is 771 g/mol. The van der Waals surface area contributed by atoms with E-state index in [2.05, 4.69) is 41.7 Å². The molecular weight excluding hydrogens is 709 g/mol. The molecule has 1 aromatic rings. The number of nitrogens with zero attached hydrogens (tertiary/aromatic N) is 2. The molecule has 2 unspecified atom stereocenters. The molecule has 4 N–H and O–H groups in total. The summed E-state index contributed by atoms with van der Waals surface area (Å²) in [5, 5.41) is 11.9. The minimum absolute atomic E-state index is 0.0351. The van der Waals surface area contributed by atoms with Gasteiger partial charge >= 0.3 is 6.03 Å². The highest BCUT2D eigenvalue weighted by atomic mass is 16.2. The molecular formula is C44H62N6O6. The van der Waals surface area contributed by atoms with Crippen molar-refractivity contribution in [3.8, 4) is 0 Å². The first kappa shape index (κ1) is 40.0. The molecule has 8 rings (SSSR count). The summed E-state index contributed by atoms with van der Waals surface area (Å²) >= 11 is 0. The second kappa shape index (κ2) is 16.3. The zero-order valence-corrected chi connectivity index (χ0v) is 33.5. The van der Waals surface area contributed by atoms with Gasteiger partial charge < -0.3 is 31.1 Å². The summed E-state index contributed by atoms with van der Waals surface area (Å²) in [5.41, 5.74) is 0.540. The van der Waals surface area contributed by atoms with Crippen molar-refractivity contribution in [3.63, 3.8) is 0 Å². The van der Waals surface area contributed by atoms with Gasteiger partial charge in [-0.1, -0.05) is 69.5 Å². The number of Topliss-reactive ketones (excluding diaryl/α,β-unsaturated/α-hetero) is 1. The van der Waals surface area contributed by atoms with Crippen molar-refractivity contribution in [1.29, 1.82) is 0 Å². The third-order valence-electron chi connectivity index (χ3n) is 14.5. The highest BCUT2D eigenvalue weighted by molar-refractivity contribution is 6.38. The number of benzene rings is 1. The molecule has 304 valence electrons. The monoisotopic (exact) mass is 770 g/mol. The highest BCUT2D eigenvalue weighted by Crippen LogP contribution is 2.65. The zero-order chi connectivity index (χ0) is 39.8. The van der Waals surface area contributed by atoms with Crippen LogP contribution in [0.3, 0.4) is 0 Å². The fourth-order valence-corrected chi connectivity index (χ4v) is 11.8. The maximum Gasteiger partial charge on any atom is 0.315 e. The molecule has 0 aromatic heterocycles. The topological polar surface area (TPSA) is 157 Å². The number of nitrogens with one attached hydrogen (secondary N) is 4. The first-order valence-electron chi connectivity index (χ1n) is 21.2. The molecule has 12 heteroatoms. The summed E-state index contributed by atoms with van der Waals surface area (Å²) in [7, 11) is 1.63. The molecule has 1 aromatic carbocycles. The number of amides is 6. The maximum absolute atomic E-state index is 14.8. The number of likely N-dealkylation sites (N-methyl/N-ethyl adjacent to an activating group) is 1. The van der Waals surface area contributed by atoms with E-state index in [1.165, 1.54) is 24.2 Å². The van der Waals surface area contributed by atoms with Crippen molar-refractivity contribution >= 4 is 35.4 Å². The first-order chi connectivity index (χ1) is 26.8. The Bertz CT molecular complexity index is 1650. The lowest BCUT2D eigenvalue weighted by Crippen LogP contribution is -2.64. The van der Waals surface area contributed by atoms with Crippen molar-refractivity contribution in [1.82, 2.24) is 31.1 Å². The first-order valence-corrected chi connectivity index (χ1v) is 21.2. The Balaban J connectivity index is 1.02. The molecule has 12 nitrogen and oxygen atoms in total. The smallest absolute Gasteiger partial charge is 0.315 e. The quantitative estimate of drug-likeness (QED) is 0.152. The number of hydrogen-bond donors (Lipinski definition) is 4.